The third-order valence-corrected chi connectivity index (χ3v) is 6.59. The van der Waals surface area contributed by atoms with Crippen molar-refractivity contribution < 1.29 is 9.53 Å². The van der Waals surface area contributed by atoms with Crippen LogP contribution in [0.1, 0.15) is 26.7 Å². The SMILES string of the molecule is CCC1=C(CC)C1(C(=O)OC)[Si](C)(C)C. The first-order valence-corrected chi connectivity index (χ1v) is 9.19. The molecular formula is C12H22O2Si. The molecule has 1 aliphatic rings. The molecule has 1 rings (SSSR count). The second-order valence-corrected chi connectivity index (χ2v) is 10.4. The van der Waals surface area contributed by atoms with Gasteiger partial charge in [0, 0.05) is 0 Å². The lowest BCUT2D eigenvalue weighted by atomic mass is 10.2. The summed E-state index contributed by atoms with van der Waals surface area (Å²) < 4.78 is 5.02. The van der Waals surface area contributed by atoms with Crippen LogP contribution in [0, 0.1) is 0 Å². The van der Waals surface area contributed by atoms with Crippen LogP contribution in [-0.2, 0) is 9.53 Å². The van der Waals surface area contributed by atoms with E-state index >= 15 is 0 Å². The molecule has 0 N–H and O–H groups in total. The molecule has 0 saturated heterocycles. The van der Waals surface area contributed by atoms with E-state index in [0.717, 1.165) is 12.8 Å². The molecule has 0 atom stereocenters. The summed E-state index contributed by atoms with van der Waals surface area (Å²) in [5.74, 6) is -0.0182. The van der Waals surface area contributed by atoms with Crippen LogP contribution in [-0.4, -0.2) is 21.2 Å². The molecule has 0 heterocycles. The Hall–Kier alpha value is -0.573. The topological polar surface area (TPSA) is 26.3 Å². The lowest BCUT2D eigenvalue weighted by Gasteiger charge is -2.30. The van der Waals surface area contributed by atoms with E-state index in [4.69, 9.17) is 4.74 Å². The van der Waals surface area contributed by atoms with Gasteiger partial charge in [-0.05, 0) is 12.8 Å². The average Bonchev–Trinajstić information content (AvgIpc) is 2.84. The zero-order valence-corrected chi connectivity index (χ0v) is 11.7. The molecule has 0 fully saturated rings. The molecule has 0 unspecified atom stereocenters. The molecule has 3 heteroatoms. The van der Waals surface area contributed by atoms with Crippen LogP contribution in [0.3, 0.4) is 0 Å². The van der Waals surface area contributed by atoms with Crippen LogP contribution >= 0.6 is 0 Å². The molecule has 2 nitrogen and oxygen atoms in total. The molecule has 0 bridgehead atoms. The van der Waals surface area contributed by atoms with E-state index in [1.54, 1.807) is 0 Å². The normalized spacial score (nSPS) is 19.1. The largest absolute Gasteiger partial charge is 0.468 e. The van der Waals surface area contributed by atoms with Crippen LogP contribution in [0.15, 0.2) is 11.1 Å². The number of esters is 1. The van der Waals surface area contributed by atoms with Crippen molar-refractivity contribution >= 4 is 14.0 Å². The smallest absolute Gasteiger partial charge is 0.317 e. The first-order valence-electron chi connectivity index (χ1n) is 5.69. The molecule has 0 amide bonds. The lowest BCUT2D eigenvalue weighted by Crippen LogP contribution is -2.39. The highest BCUT2D eigenvalue weighted by Gasteiger charge is 2.65. The summed E-state index contributed by atoms with van der Waals surface area (Å²) in [5.41, 5.74) is 2.71. The minimum absolute atomic E-state index is 0.0182. The average molecular weight is 226 g/mol. The first kappa shape index (κ1) is 12.5. The predicted octanol–water partition coefficient (Wildman–Crippen LogP) is 3.37. The van der Waals surface area contributed by atoms with Crippen molar-refractivity contribution in [1.82, 2.24) is 0 Å². The molecule has 0 spiro atoms. The fourth-order valence-corrected chi connectivity index (χ4v) is 6.08. The van der Waals surface area contributed by atoms with Crippen LogP contribution in [0.5, 0.6) is 0 Å². The summed E-state index contributed by atoms with van der Waals surface area (Å²) >= 11 is 0. The monoisotopic (exact) mass is 226 g/mol. The van der Waals surface area contributed by atoms with Gasteiger partial charge < -0.3 is 4.74 Å². The van der Waals surface area contributed by atoms with Gasteiger partial charge in [-0.25, -0.2) is 0 Å². The molecule has 1 aliphatic carbocycles. The van der Waals surface area contributed by atoms with Gasteiger partial charge in [0.2, 0.25) is 0 Å². The number of hydrogen-bond donors (Lipinski definition) is 0. The Labute approximate surface area is 93.7 Å². The van der Waals surface area contributed by atoms with Gasteiger partial charge in [-0.15, -0.1) is 0 Å². The second-order valence-electron chi connectivity index (χ2n) is 5.16. The van der Waals surface area contributed by atoms with Gasteiger partial charge in [-0.3, -0.25) is 4.79 Å². The van der Waals surface area contributed by atoms with Crippen molar-refractivity contribution in [2.45, 2.75) is 51.4 Å². The molecule has 86 valence electrons. The van der Waals surface area contributed by atoms with E-state index in [1.807, 2.05) is 0 Å². The summed E-state index contributed by atoms with van der Waals surface area (Å²) in [5, 5.41) is -0.259. The summed E-state index contributed by atoms with van der Waals surface area (Å²) in [6, 6.07) is 0. The lowest BCUT2D eigenvalue weighted by molar-refractivity contribution is -0.141. The van der Waals surface area contributed by atoms with Crippen LogP contribution in [0.4, 0.5) is 0 Å². The molecule has 15 heavy (non-hydrogen) atoms. The van der Waals surface area contributed by atoms with Gasteiger partial charge in [0.15, 0.2) is 0 Å². The van der Waals surface area contributed by atoms with E-state index < -0.39 is 8.07 Å². The van der Waals surface area contributed by atoms with Gasteiger partial charge in [0.1, 0.15) is 5.04 Å². The molecule has 0 aromatic carbocycles. The van der Waals surface area contributed by atoms with Crippen molar-refractivity contribution in [3.8, 4) is 0 Å². The van der Waals surface area contributed by atoms with Crippen molar-refractivity contribution in [2.75, 3.05) is 7.11 Å². The highest BCUT2D eigenvalue weighted by Crippen LogP contribution is 2.68. The van der Waals surface area contributed by atoms with E-state index in [9.17, 15) is 4.79 Å². The Bertz CT molecular complexity index is 296. The Morgan fingerprint density at radius 2 is 1.60 bits per heavy atom. The molecule has 0 aromatic rings. The third-order valence-electron chi connectivity index (χ3n) is 3.53. The molecule has 0 aromatic heterocycles. The fourth-order valence-electron chi connectivity index (χ4n) is 2.96. The van der Waals surface area contributed by atoms with Gasteiger partial charge in [0.25, 0.3) is 0 Å². The van der Waals surface area contributed by atoms with Crippen LogP contribution in [0.25, 0.3) is 0 Å². The predicted molar refractivity (Wildman–Crippen MR) is 65.7 cm³/mol. The number of rotatable bonds is 4. The quantitative estimate of drug-likeness (QED) is 0.417. The Morgan fingerprint density at radius 1 is 1.20 bits per heavy atom. The second kappa shape index (κ2) is 3.78. The van der Waals surface area contributed by atoms with Gasteiger partial charge in [-0.2, -0.15) is 0 Å². The maximum absolute atomic E-state index is 12.1. The summed E-state index contributed by atoms with van der Waals surface area (Å²) in [7, 11) is -0.0714. The molecule has 0 radical (unpaired) electrons. The maximum Gasteiger partial charge on any atom is 0.317 e. The minimum atomic E-state index is -1.57. The number of carbonyl (C=O) groups is 1. The highest BCUT2D eigenvalue weighted by atomic mass is 28.3. The van der Waals surface area contributed by atoms with Crippen molar-refractivity contribution in [1.29, 1.82) is 0 Å². The van der Waals surface area contributed by atoms with Crippen LogP contribution in [0.2, 0.25) is 24.7 Å². The zero-order valence-electron chi connectivity index (χ0n) is 10.7. The van der Waals surface area contributed by atoms with E-state index in [-0.39, 0.29) is 11.0 Å². The van der Waals surface area contributed by atoms with Crippen molar-refractivity contribution in [3.05, 3.63) is 11.1 Å². The zero-order chi connectivity index (χ0) is 11.9. The van der Waals surface area contributed by atoms with Gasteiger partial charge in [0.05, 0.1) is 15.2 Å². The summed E-state index contributed by atoms with van der Waals surface area (Å²) in [6.45, 7) is 11.0. The highest BCUT2D eigenvalue weighted by molar-refractivity contribution is 6.85. The third kappa shape index (κ3) is 1.48. The number of methoxy groups -OCH3 is 1. The summed E-state index contributed by atoms with van der Waals surface area (Å²) in [4.78, 5) is 12.1. The number of carbonyl (C=O) groups excluding carboxylic acids is 1. The van der Waals surface area contributed by atoms with Crippen molar-refractivity contribution in [3.63, 3.8) is 0 Å². The molecular weight excluding hydrogens is 204 g/mol. The van der Waals surface area contributed by atoms with Gasteiger partial charge in [-0.1, -0.05) is 44.6 Å². The Morgan fingerprint density at radius 3 is 1.80 bits per heavy atom. The Balaban J connectivity index is 3.11. The van der Waals surface area contributed by atoms with E-state index in [1.165, 1.54) is 18.3 Å². The molecule has 0 saturated carbocycles. The van der Waals surface area contributed by atoms with E-state index in [0.29, 0.717) is 0 Å². The van der Waals surface area contributed by atoms with E-state index in [2.05, 4.69) is 33.5 Å². The fraction of sp³-hybridized carbons (Fsp3) is 0.750. The molecule has 0 aliphatic heterocycles. The first-order chi connectivity index (χ1) is 6.87. The summed E-state index contributed by atoms with van der Waals surface area (Å²) in [6.07, 6.45) is 1.98. The van der Waals surface area contributed by atoms with Crippen molar-refractivity contribution in [2.24, 2.45) is 0 Å². The standard InChI is InChI=1S/C12H22O2Si/c1-7-9-10(8-2)12(9,11(13)14-3)15(4,5)6/h7-8H2,1-6H3. The van der Waals surface area contributed by atoms with Gasteiger partial charge >= 0.3 is 5.97 Å². The minimum Gasteiger partial charge on any atom is -0.468 e. The number of hydrogen-bond acceptors (Lipinski definition) is 2. The Kier molecular flexibility index (Phi) is 3.15. The van der Waals surface area contributed by atoms with Crippen LogP contribution < -0.4 is 0 Å². The number of ether oxygens (including phenoxy) is 1. The maximum atomic E-state index is 12.1.